The topological polar surface area (TPSA) is 66.1 Å². The molecular formula is C16H25F3IN5O. The number of rotatable bonds is 5. The summed E-state index contributed by atoms with van der Waals surface area (Å²) in [4.78, 5) is 8.82. The van der Waals surface area contributed by atoms with Crippen LogP contribution in [0.4, 0.5) is 18.9 Å². The van der Waals surface area contributed by atoms with Gasteiger partial charge in [-0.3, -0.25) is 9.89 Å². The van der Waals surface area contributed by atoms with Crippen LogP contribution < -0.4 is 15.8 Å². The fourth-order valence-electron chi connectivity index (χ4n) is 2.57. The second-order valence-corrected chi connectivity index (χ2v) is 6.08. The van der Waals surface area contributed by atoms with Crippen molar-refractivity contribution in [3.05, 3.63) is 24.3 Å². The zero-order chi connectivity index (χ0) is 18.4. The maximum atomic E-state index is 12.4. The molecule has 3 N–H and O–H groups in total. The van der Waals surface area contributed by atoms with Gasteiger partial charge in [-0.15, -0.1) is 37.1 Å². The molecular weight excluding hydrogens is 462 g/mol. The van der Waals surface area contributed by atoms with Gasteiger partial charge in [0.1, 0.15) is 0 Å². The summed E-state index contributed by atoms with van der Waals surface area (Å²) in [5, 5.41) is 2.67. The summed E-state index contributed by atoms with van der Waals surface area (Å²) in [6.07, 6.45) is -4.76. The first-order chi connectivity index (χ1) is 11.7. The highest BCUT2D eigenvalue weighted by Gasteiger charge is 2.32. The number of likely N-dealkylation sites (N-methyl/N-ethyl adjacent to an activating group) is 1. The molecule has 0 amide bonds. The Labute approximate surface area is 168 Å². The van der Waals surface area contributed by atoms with Crippen LogP contribution in [0, 0.1) is 0 Å². The van der Waals surface area contributed by atoms with E-state index in [-0.39, 0.29) is 47.4 Å². The van der Waals surface area contributed by atoms with Crippen molar-refractivity contribution >= 4 is 35.6 Å². The van der Waals surface area contributed by atoms with Crippen LogP contribution in [0.2, 0.25) is 0 Å². The lowest BCUT2D eigenvalue weighted by Gasteiger charge is -2.35. The number of aliphatic imine (C=N–C) groups is 1. The first kappa shape index (κ1) is 22.8. The van der Waals surface area contributed by atoms with Crippen molar-refractivity contribution in [3.63, 3.8) is 0 Å². The third kappa shape index (κ3) is 7.54. The van der Waals surface area contributed by atoms with Crippen LogP contribution in [0.1, 0.15) is 6.92 Å². The molecule has 1 saturated heterocycles. The molecule has 2 rings (SSSR count). The van der Waals surface area contributed by atoms with Gasteiger partial charge in [-0.25, -0.2) is 0 Å². The van der Waals surface area contributed by atoms with Crippen LogP contribution in [0.15, 0.2) is 29.3 Å². The largest absolute Gasteiger partial charge is 0.573 e. The van der Waals surface area contributed by atoms with Crippen molar-refractivity contribution in [3.8, 4) is 5.75 Å². The van der Waals surface area contributed by atoms with E-state index >= 15 is 0 Å². The lowest BCUT2D eigenvalue weighted by molar-refractivity contribution is -0.274. The van der Waals surface area contributed by atoms with Gasteiger partial charge in [-0.2, -0.15) is 0 Å². The molecule has 0 aromatic heterocycles. The van der Waals surface area contributed by atoms with Gasteiger partial charge < -0.3 is 20.7 Å². The van der Waals surface area contributed by atoms with Crippen molar-refractivity contribution < 1.29 is 17.9 Å². The number of anilines is 1. The maximum absolute atomic E-state index is 12.4. The Morgan fingerprint density at radius 1 is 1.27 bits per heavy atom. The van der Waals surface area contributed by atoms with Crippen LogP contribution in [0.25, 0.3) is 0 Å². The Morgan fingerprint density at radius 2 is 1.88 bits per heavy atom. The zero-order valence-corrected chi connectivity index (χ0v) is 17.1. The molecule has 1 aromatic rings. The monoisotopic (exact) mass is 487 g/mol. The van der Waals surface area contributed by atoms with Crippen LogP contribution in [0.5, 0.6) is 5.75 Å². The minimum atomic E-state index is -4.76. The van der Waals surface area contributed by atoms with E-state index in [0.717, 1.165) is 26.2 Å². The average Bonchev–Trinajstić information content (AvgIpc) is 2.54. The Hall–Kier alpha value is -1.27. The molecule has 1 fully saturated rings. The number of nitrogens with one attached hydrogen (secondary N) is 1. The fourth-order valence-corrected chi connectivity index (χ4v) is 2.57. The minimum Gasteiger partial charge on any atom is -0.404 e. The molecule has 1 aliphatic heterocycles. The second kappa shape index (κ2) is 10.2. The minimum absolute atomic E-state index is 0. The normalized spacial score (nSPS) is 18.1. The lowest BCUT2D eigenvalue weighted by atomic mass is 10.2. The van der Waals surface area contributed by atoms with Crippen LogP contribution in [-0.2, 0) is 0 Å². The summed E-state index contributed by atoms with van der Waals surface area (Å²) >= 11 is 0. The van der Waals surface area contributed by atoms with Gasteiger partial charge >= 0.3 is 6.36 Å². The number of piperazine rings is 1. The Morgan fingerprint density at radius 3 is 2.50 bits per heavy atom. The summed E-state index contributed by atoms with van der Waals surface area (Å²) in [5.41, 5.74) is 5.93. The standard InChI is InChI=1S/C16H24F3N5O.HI/c1-12(24-9-7-23(2)8-10-24)11-21-15(20)22-13-5-3-4-6-14(13)25-16(17,18)19;/h3-6,12H,7-11H2,1-2H3,(H3,20,21,22);1H. The molecule has 10 heteroatoms. The number of halogens is 4. The van der Waals surface area contributed by atoms with Gasteiger partial charge in [-0.05, 0) is 26.1 Å². The summed E-state index contributed by atoms with van der Waals surface area (Å²) in [6.45, 7) is 6.45. The van der Waals surface area contributed by atoms with Crippen molar-refractivity contribution in [2.24, 2.45) is 10.7 Å². The number of hydrogen-bond donors (Lipinski definition) is 2. The highest BCUT2D eigenvalue weighted by atomic mass is 127. The van der Waals surface area contributed by atoms with E-state index in [1.807, 2.05) is 0 Å². The number of nitrogens with zero attached hydrogens (tertiary/aromatic N) is 3. The van der Waals surface area contributed by atoms with E-state index in [2.05, 4.69) is 38.8 Å². The number of nitrogens with two attached hydrogens (primary N) is 1. The average molecular weight is 487 g/mol. The van der Waals surface area contributed by atoms with Crippen molar-refractivity contribution in [1.82, 2.24) is 9.80 Å². The second-order valence-electron chi connectivity index (χ2n) is 6.08. The molecule has 0 aliphatic carbocycles. The summed E-state index contributed by atoms with van der Waals surface area (Å²) in [6, 6.07) is 5.92. The van der Waals surface area contributed by atoms with Crippen LogP contribution in [0.3, 0.4) is 0 Å². The number of ether oxygens (including phenoxy) is 1. The van der Waals surface area contributed by atoms with Gasteiger partial charge in [0.25, 0.3) is 0 Å². The highest BCUT2D eigenvalue weighted by molar-refractivity contribution is 14.0. The smallest absolute Gasteiger partial charge is 0.404 e. The molecule has 1 aliphatic rings. The Balaban J connectivity index is 0.00000338. The van der Waals surface area contributed by atoms with E-state index in [9.17, 15) is 13.2 Å². The first-order valence-corrected chi connectivity index (χ1v) is 8.09. The lowest BCUT2D eigenvalue weighted by Crippen LogP contribution is -2.49. The molecule has 6 nitrogen and oxygen atoms in total. The number of hydrogen-bond acceptors (Lipinski definition) is 4. The van der Waals surface area contributed by atoms with E-state index in [1.165, 1.54) is 18.2 Å². The van der Waals surface area contributed by atoms with Crippen LogP contribution in [-0.4, -0.2) is 67.9 Å². The van der Waals surface area contributed by atoms with Crippen LogP contribution >= 0.6 is 24.0 Å². The van der Waals surface area contributed by atoms with Gasteiger partial charge in [0.05, 0.1) is 12.2 Å². The summed E-state index contributed by atoms with van der Waals surface area (Å²) in [5.74, 6) is -0.292. The van der Waals surface area contributed by atoms with E-state index in [0.29, 0.717) is 6.54 Å². The Kier molecular flexibility index (Phi) is 8.90. The van der Waals surface area contributed by atoms with E-state index < -0.39 is 6.36 Å². The van der Waals surface area contributed by atoms with Gasteiger partial charge in [0, 0.05) is 32.2 Å². The quantitative estimate of drug-likeness (QED) is 0.380. The number of alkyl halides is 3. The molecule has 0 radical (unpaired) electrons. The highest BCUT2D eigenvalue weighted by Crippen LogP contribution is 2.29. The number of guanidine groups is 1. The predicted molar refractivity (Wildman–Crippen MR) is 107 cm³/mol. The molecule has 1 heterocycles. The zero-order valence-electron chi connectivity index (χ0n) is 14.8. The van der Waals surface area contributed by atoms with E-state index in [1.54, 1.807) is 6.07 Å². The third-order valence-corrected chi connectivity index (χ3v) is 4.06. The Bertz CT molecular complexity index is 591. The number of para-hydroxylation sites is 2. The molecule has 1 aromatic carbocycles. The molecule has 0 spiro atoms. The predicted octanol–water partition coefficient (Wildman–Crippen LogP) is 2.57. The number of benzene rings is 1. The SMILES string of the molecule is CC(CN=C(N)Nc1ccccc1OC(F)(F)F)N1CCN(C)CC1.I. The molecule has 1 unspecified atom stereocenters. The third-order valence-electron chi connectivity index (χ3n) is 4.06. The molecule has 0 bridgehead atoms. The molecule has 26 heavy (non-hydrogen) atoms. The fraction of sp³-hybridized carbons (Fsp3) is 0.562. The molecule has 1 atom stereocenters. The van der Waals surface area contributed by atoms with Crippen molar-refractivity contribution in [2.75, 3.05) is 45.1 Å². The van der Waals surface area contributed by atoms with Crippen molar-refractivity contribution in [1.29, 1.82) is 0 Å². The summed E-state index contributed by atoms with van der Waals surface area (Å²) in [7, 11) is 2.09. The maximum Gasteiger partial charge on any atom is 0.573 e. The van der Waals surface area contributed by atoms with Gasteiger partial charge in [0.15, 0.2) is 11.7 Å². The van der Waals surface area contributed by atoms with E-state index in [4.69, 9.17) is 5.73 Å². The van der Waals surface area contributed by atoms with Gasteiger partial charge in [0.2, 0.25) is 0 Å². The molecule has 148 valence electrons. The molecule has 0 saturated carbocycles. The summed E-state index contributed by atoms with van der Waals surface area (Å²) < 4.78 is 41.3. The first-order valence-electron chi connectivity index (χ1n) is 8.09. The van der Waals surface area contributed by atoms with Gasteiger partial charge in [-0.1, -0.05) is 12.1 Å². The van der Waals surface area contributed by atoms with Crippen molar-refractivity contribution in [2.45, 2.75) is 19.3 Å².